The van der Waals surface area contributed by atoms with Gasteiger partial charge in [0.05, 0.1) is 24.9 Å². The minimum absolute atomic E-state index is 0.342. The van der Waals surface area contributed by atoms with Crippen molar-refractivity contribution < 1.29 is 29.9 Å². The van der Waals surface area contributed by atoms with E-state index in [1.165, 1.54) is 0 Å². The van der Waals surface area contributed by atoms with Crippen LogP contribution in [0.4, 0.5) is 0 Å². The van der Waals surface area contributed by atoms with Gasteiger partial charge in [-0.1, -0.05) is 6.92 Å². The second kappa shape index (κ2) is 7.04. The molecule has 130 valence electrons. The minimum Gasteiger partial charge on any atom is -0.394 e. The molecule has 1 aliphatic carbocycles. The second-order valence-corrected chi connectivity index (χ2v) is 6.30. The van der Waals surface area contributed by atoms with Gasteiger partial charge in [0, 0.05) is 18.0 Å². The fourth-order valence-corrected chi connectivity index (χ4v) is 3.17. The molecule has 1 saturated carbocycles. The van der Waals surface area contributed by atoms with Crippen LogP contribution in [0.3, 0.4) is 0 Å². The Morgan fingerprint density at radius 3 is 2.27 bits per heavy atom. The monoisotopic (exact) mass is 321 g/mol. The lowest BCUT2D eigenvalue weighted by Gasteiger charge is -2.46. The number of aliphatic hydroxyl groups is 4. The number of rotatable bonds is 3. The van der Waals surface area contributed by atoms with E-state index in [1.807, 2.05) is 0 Å². The Bertz CT molecular complexity index is 374. The summed E-state index contributed by atoms with van der Waals surface area (Å²) in [7, 11) is 0. The van der Waals surface area contributed by atoms with Gasteiger partial charge in [-0.3, -0.25) is 0 Å². The summed E-state index contributed by atoms with van der Waals surface area (Å²) in [5.41, 5.74) is 17.7. The summed E-state index contributed by atoms with van der Waals surface area (Å²) in [6.45, 7) is 1.28. The van der Waals surface area contributed by atoms with E-state index >= 15 is 0 Å². The molecule has 10 N–H and O–H groups in total. The molecule has 0 spiro atoms. The summed E-state index contributed by atoms with van der Waals surface area (Å²) in [4.78, 5) is 0. The third-order valence-corrected chi connectivity index (χ3v) is 4.68. The molecule has 0 amide bonds. The minimum atomic E-state index is -1.30. The Labute approximate surface area is 129 Å². The molecule has 1 aliphatic heterocycles. The molecular formula is C13H27N3O6. The van der Waals surface area contributed by atoms with Crippen LogP contribution in [0.15, 0.2) is 0 Å². The number of ether oxygens (including phenoxy) is 2. The predicted octanol–water partition coefficient (Wildman–Crippen LogP) is -3.81. The number of aliphatic hydroxyl groups excluding tert-OH is 4. The van der Waals surface area contributed by atoms with Gasteiger partial charge in [-0.05, 0) is 6.42 Å². The molecule has 0 bridgehead atoms. The highest BCUT2D eigenvalue weighted by atomic mass is 16.7. The zero-order valence-electron chi connectivity index (χ0n) is 12.5. The zero-order chi connectivity index (χ0) is 16.6. The van der Waals surface area contributed by atoms with Gasteiger partial charge in [-0.25, -0.2) is 0 Å². The maximum Gasteiger partial charge on any atom is 0.176 e. The van der Waals surface area contributed by atoms with Crippen molar-refractivity contribution in [3.63, 3.8) is 0 Å². The maximum atomic E-state index is 10.1. The van der Waals surface area contributed by atoms with Crippen molar-refractivity contribution >= 4 is 0 Å². The number of hydrogen-bond donors (Lipinski definition) is 7. The quantitative estimate of drug-likeness (QED) is 0.274. The fraction of sp³-hybridized carbons (Fsp3) is 1.00. The van der Waals surface area contributed by atoms with E-state index < -0.39 is 61.5 Å². The van der Waals surface area contributed by atoms with Gasteiger partial charge in [0.25, 0.3) is 0 Å². The van der Waals surface area contributed by atoms with Gasteiger partial charge in [0.15, 0.2) is 6.29 Å². The molecule has 0 aromatic rings. The molecule has 2 fully saturated rings. The average molecular weight is 321 g/mol. The Morgan fingerprint density at radius 2 is 1.68 bits per heavy atom. The van der Waals surface area contributed by atoms with E-state index in [4.69, 9.17) is 26.7 Å². The maximum absolute atomic E-state index is 10.1. The fourth-order valence-electron chi connectivity index (χ4n) is 3.17. The van der Waals surface area contributed by atoms with Gasteiger partial charge in [0.1, 0.15) is 18.3 Å². The van der Waals surface area contributed by atoms with Crippen LogP contribution in [-0.4, -0.2) is 82.0 Å². The average Bonchev–Trinajstić information content (AvgIpc) is 2.49. The molecule has 10 atom stereocenters. The second-order valence-electron chi connectivity index (χ2n) is 6.30. The van der Waals surface area contributed by atoms with Crippen LogP contribution < -0.4 is 17.2 Å². The molecule has 0 radical (unpaired) electrons. The highest BCUT2D eigenvalue weighted by Crippen LogP contribution is 2.30. The summed E-state index contributed by atoms with van der Waals surface area (Å²) in [6, 6.07) is -1.84. The van der Waals surface area contributed by atoms with Crippen molar-refractivity contribution in [2.75, 3.05) is 6.61 Å². The van der Waals surface area contributed by atoms with Crippen LogP contribution in [0.2, 0.25) is 0 Å². The number of hydrogen-bond acceptors (Lipinski definition) is 9. The Balaban J connectivity index is 2.08. The van der Waals surface area contributed by atoms with Crippen LogP contribution in [0, 0.1) is 5.92 Å². The van der Waals surface area contributed by atoms with Crippen molar-refractivity contribution in [2.24, 2.45) is 23.1 Å². The summed E-state index contributed by atoms with van der Waals surface area (Å²) in [5.74, 6) is -0.342. The van der Waals surface area contributed by atoms with Gasteiger partial charge in [-0.2, -0.15) is 0 Å². The van der Waals surface area contributed by atoms with Crippen LogP contribution >= 0.6 is 0 Å². The van der Waals surface area contributed by atoms with Gasteiger partial charge < -0.3 is 47.1 Å². The lowest BCUT2D eigenvalue weighted by atomic mass is 9.79. The van der Waals surface area contributed by atoms with Crippen molar-refractivity contribution in [1.29, 1.82) is 0 Å². The molecule has 1 heterocycles. The van der Waals surface area contributed by atoms with E-state index in [2.05, 4.69) is 0 Å². The Morgan fingerprint density at radius 1 is 1.05 bits per heavy atom. The van der Waals surface area contributed by atoms with Crippen LogP contribution in [0.5, 0.6) is 0 Å². The van der Waals surface area contributed by atoms with Crippen molar-refractivity contribution in [3.8, 4) is 0 Å². The van der Waals surface area contributed by atoms with E-state index in [-0.39, 0.29) is 5.92 Å². The summed E-state index contributed by atoms with van der Waals surface area (Å²) in [5, 5.41) is 38.9. The van der Waals surface area contributed by atoms with Gasteiger partial charge in [-0.15, -0.1) is 0 Å². The third-order valence-electron chi connectivity index (χ3n) is 4.68. The molecule has 0 unspecified atom stereocenters. The smallest absolute Gasteiger partial charge is 0.176 e. The Kier molecular flexibility index (Phi) is 5.75. The third kappa shape index (κ3) is 3.28. The van der Waals surface area contributed by atoms with Crippen molar-refractivity contribution in [2.45, 2.75) is 68.3 Å². The van der Waals surface area contributed by atoms with E-state index in [0.717, 1.165) is 0 Å². The molecule has 9 heteroatoms. The first-order chi connectivity index (χ1) is 10.3. The van der Waals surface area contributed by atoms with Gasteiger partial charge >= 0.3 is 0 Å². The van der Waals surface area contributed by atoms with E-state index in [9.17, 15) is 20.4 Å². The normalized spacial score (nSPS) is 53.5. The SMILES string of the molecule is C[C@@H]1[C@@H](O)[C@H](N)C[C@H](N)[C@H]1O[C@H]1O[C@H](CO)[C@@H](O)[C@H](O)[C@H]1N. The summed E-state index contributed by atoms with van der Waals surface area (Å²) < 4.78 is 11.2. The molecule has 1 saturated heterocycles. The van der Waals surface area contributed by atoms with Crippen LogP contribution in [0.25, 0.3) is 0 Å². The standard InChI is InChI=1S/C13H27N3O6/c1-4-9(18)5(14)2-6(15)12(4)22-13-8(16)11(20)10(19)7(3-17)21-13/h4-13,17-20H,2-3,14-16H2,1H3/t4-,5-,6+,7-,8-,9-,10-,11-,12+,13-/m1/s1. The molecule has 0 aromatic carbocycles. The lowest BCUT2D eigenvalue weighted by Crippen LogP contribution is -2.65. The van der Waals surface area contributed by atoms with Crippen molar-refractivity contribution in [1.82, 2.24) is 0 Å². The lowest BCUT2D eigenvalue weighted by molar-refractivity contribution is -0.288. The van der Waals surface area contributed by atoms with Gasteiger partial charge in [0.2, 0.25) is 0 Å². The van der Waals surface area contributed by atoms with E-state index in [0.29, 0.717) is 6.42 Å². The molecular weight excluding hydrogens is 294 g/mol. The molecule has 0 aromatic heterocycles. The molecule has 2 aliphatic rings. The van der Waals surface area contributed by atoms with E-state index in [1.54, 1.807) is 6.92 Å². The first-order valence-electron chi connectivity index (χ1n) is 7.50. The highest BCUT2D eigenvalue weighted by molar-refractivity contribution is 4.97. The topological polar surface area (TPSA) is 177 Å². The summed E-state index contributed by atoms with van der Waals surface area (Å²) in [6.07, 6.45) is -5.58. The molecule has 2 rings (SSSR count). The molecule has 9 nitrogen and oxygen atoms in total. The molecule has 22 heavy (non-hydrogen) atoms. The number of nitrogens with two attached hydrogens (primary N) is 3. The summed E-state index contributed by atoms with van der Waals surface area (Å²) >= 11 is 0. The largest absolute Gasteiger partial charge is 0.394 e. The first-order valence-corrected chi connectivity index (χ1v) is 7.50. The van der Waals surface area contributed by atoms with Crippen molar-refractivity contribution in [3.05, 3.63) is 0 Å². The van der Waals surface area contributed by atoms with Crippen LogP contribution in [-0.2, 0) is 9.47 Å². The first kappa shape index (κ1) is 18.0. The Hall–Kier alpha value is -0.360. The predicted molar refractivity (Wildman–Crippen MR) is 76.3 cm³/mol. The zero-order valence-corrected chi connectivity index (χ0v) is 12.5. The van der Waals surface area contributed by atoms with Crippen LogP contribution in [0.1, 0.15) is 13.3 Å². The highest BCUT2D eigenvalue weighted by Gasteiger charge is 2.47.